The third-order valence-electron chi connectivity index (χ3n) is 3.32. The molecule has 1 N–H and O–H groups in total. The summed E-state index contributed by atoms with van der Waals surface area (Å²) in [5, 5.41) is 13.4. The average Bonchev–Trinajstić information content (AvgIpc) is 3.04. The van der Waals surface area contributed by atoms with Crippen molar-refractivity contribution in [3.63, 3.8) is 0 Å². The van der Waals surface area contributed by atoms with Gasteiger partial charge in [-0.1, -0.05) is 6.07 Å². The molecule has 0 bridgehead atoms. The van der Waals surface area contributed by atoms with E-state index in [-0.39, 0.29) is 12.3 Å². The van der Waals surface area contributed by atoms with E-state index in [1.807, 2.05) is 23.6 Å². The van der Waals surface area contributed by atoms with Gasteiger partial charge < -0.3 is 15.0 Å². The van der Waals surface area contributed by atoms with Gasteiger partial charge in [0.1, 0.15) is 17.9 Å². The minimum atomic E-state index is -0.358. The predicted octanol–water partition coefficient (Wildman–Crippen LogP) is 1.89. The number of anilines is 2. The molecule has 0 aliphatic carbocycles. The average molecular weight is 329 g/mol. The highest BCUT2D eigenvalue weighted by Gasteiger charge is 2.14. The van der Waals surface area contributed by atoms with Crippen molar-refractivity contribution < 1.29 is 9.53 Å². The number of carbonyl (C=O) groups is 1. The first-order valence-corrected chi connectivity index (χ1v) is 8.06. The van der Waals surface area contributed by atoms with Crippen LogP contribution in [0.1, 0.15) is 6.42 Å². The molecule has 0 atom stereocenters. The van der Waals surface area contributed by atoms with Gasteiger partial charge in [0, 0.05) is 18.5 Å². The number of ether oxygens (including phenoxy) is 1. The molecule has 0 spiro atoms. The van der Waals surface area contributed by atoms with Crippen molar-refractivity contribution in [3.8, 4) is 17.5 Å². The second kappa shape index (κ2) is 7.17. The number of nitrogens with one attached hydrogen (secondary N) is 1. The third kappa shape index (κ3) is 3.83. The first-order chi connectivity index (χ1) is 11.3. The summed E-state index contributed by atoms with van der Waals surface area (Å²) in [6.07, 6.45) is -0.181. The van der Waals surface area contributed by atoms with Crippen LogP contribution in [0, 0.1) is 11.3 Å². The molecular weight excluding hydrogens is 314 g/mol. The summed E-state index contributed by atoms with van der Waals surface area (Å²) in [4.78, 5) is 22.6. The van der Waals surface area contributed by atoms with E-state index in [1.165, 1.54) is 11.3 Å². The molecule has 1 aliphatic heterocycles. The van der Waals surface area contributed by atoms with Gasteiger partial charge in [-0.15, -0.1) is 11.3 Å². The van der Waals surface area contributed by atoms with Crippen molar-refractivity contribution in [2.45, 2.75) is 6.42 Å². The lowest BCUT2D eigenvalue weighted by molar-refractivity contribution is -0.115. The van der Waals surface area contributed by atoms with E-state index in [9.17, 15) is 4.79 Å². The van der Waals surface area contributed by atoms with Gasteiger partial charge in [-0.3, -0.25) is 4.79 Å². The lowest BCUT2D eigenvalue weighted by atomic mass is 10.3. The Morgan fingerprint density at radius 2 is 2.17 bits per heavy atom. The maximum atomic E-state index is 11.4. The van der Waals surface area contributed by atoms with Crippen LogP contribution in [0.25, 0.3) is 11.4 Å². The topological polar surface area (TPSA) is 91.1 Å². The van der Waals surface area contributed by atoms with Crippen LogP contribution in [0.4, 0.5) is 10.9 Å². The predicted molar refractivity (Wildman–Crippen MR) is 87.2 cm³/mol. The first-order valence-electron chi connectivity index (χ1n) is 7.19. The van der Waals surface area contributed by atoms with E-state index >= 15 is 0 Å². The van der Waals surface area contributed by atoms with Gasteiger partial charge in [0.15, 0.2) is 5.13 Å². The molecule has 2 aromatic rings. The number of nitrogens with zero attached hydrogens (tertiary/aromatic N) is 4. The summed E-state index contributed by atoms with van der Waals surface area (Å²) < 4.78 is 5.35. The fourth-order valence-electron chi connectivity index (χ4n) is 2.22. The zero-order valence-corrected chi connectivity index (χ0v) is 13.2. The normalized spacial score (nSPS) is 14.3. The number of carbonyl (C=O) groups excluding carboxylic acids is 1. The molecule has 1 saturated heterocycles. The molecule has 2 aromatic heterocycles. The van der Waals surface area contributed by atoms with Gasteiger partial charge in [0.25, 0.3) is 0 Å². The Bertz CT molecular complexity index is 733. The van der Waals surface area contributed by atoms with Crippen LogP contribution in [0.15, 0.2) is 23.6 Å². The fraction of sp³-hybridized carbons (Fsp3) is 0.333. The van der Waals surface area contributed by atoms with E-state index in [0.29, 0.717) is 24.0 Å². The van der Waals surface area contributed by atoms with Crippen molar-refractivity contribution in [2.24, 2.45) is 0 Å². The summed E-state index contributed by atoms with van der Waals surface area (Å²) in [6, 6.07) is 7.61. The van der Waals surface area contributed by atoms with Gasteiger partial charge >= 0.3 is 0 Å². The minimum absolute atomic E-state index is 0.181. The minimum Gasteiger partial charge on any atom is -0.378 e. The van der Waals surface area contributed by atoms with Crippen molar-refractivity contribution in [2.75, 3.05) is 36.5 Å². The maximum Gasteiger partial charge on any atom is 0.240 e. The monoisotopic (exact) mass is 329 g/mol. The van der Waals surface area contributed by atoms with Crippen molar-refractivity contribution >= 4 is 28.2 Å². The van der Waals surface area contributed by atoms with E-state index in [4.69, 9.17) is 10.00 Å². The second-order valence-corrected chi connectivity index (χ2v) is 5.76. The molecule has 1 amide bonds. The summed E-state index contributed by atoms with van der Waals surface area (Å²) >= 11 is 1.31. The molecule has 0 saturated carbocycles. The van der Waals surface area contributed by atoms with Gasteiger partial charge in [0.05, 0.1) is 25.0 Å². The van der Waals surface area contributed by atoms with Gasteiger partial charge in [-0.2, -0.15) is 5.26 Å². The van der Waals surface area contributed by atoms with E-state index in [0.717, 1.165) is 24.6 Å². The number of hydrogen-bond donors (Lipinski definition) is 1. The van der Waals surface area contributed by atoms with E-state index < -0.39 is 0 Å². The van der Waals surface area contributed by atoms with Crippen LogP contribution in [0.5, 0.6) is 0 Å². The number of morpholine rings is 1. The maximum absolute atomic E-state index is 11.4. The number of aromatic nitrogens is 2. The molecule has 3 rings (SSSR count). The highest BCUT2D eigenvalue weighted by Crippen LogP contribution is 2.25. The standard InChI is InChI=1S/C15H15N5O2S/c16-5-4-14(21)19-15-18-12(10-23-15)11-2-1-3-13(17-11)20-6-8-22-9-7-20/h1-3,10H,4,6-9H2,(H,18,19,21). The fourth-order valence-corrected chi connectivity index (χ4v) is 2.94. The van der Waals surface area contributed by atoms with E-state index in [1.54, 1.807) is 6.07 Å². The van der Waals surface area contributed by atoms with Crippen LogP contribution < -0.4 is 10.2 Å². The van der Waals surface area contributed by atoms with Crippen molar-refractivity contribution in [1.29, 1.82) is 5.26 Å². The summed E-state index contributed by atoms with van der Waals surface area (Å²) in [5.74, 6) is 0.539. The number of pyridine rings is 1. The molecule has 1 fully saturated rings. The molecular formula is C15H15N5O2S. The molecule has 7 nitrogen and oxygen atoms in total. The smallest absolute Gasteiger partial charge is 0.240 e. The Kier molecular flexibility index (Phi) is 4.80. The molecule has 23 heavy (non-hydrogen) atoms. The molecule has 3 heterocycles. The highest BCUT2D eigenvalue weighted by atomic mass is 32.1. The van der Waals surface area contributed by atoms with Crippen LogP contribution in [0.3, 0.4) is 0 Å². The van der Waals surface area contributed by atoms with Gasteiger partial charge in [-0.25, -0.2) is 9.97 Å². The zero-order valence-electron chi connectivity index (χ0n) is 12.4. The van der Waals surface area contributed by atoms with E-state index in [2.05, 4.69) is 20.2 Å². The molecule has 0 aromatic carbocycles. The largest absolute Gasteiger partial charge is 0.378 e. The van der Waals surface area contributed by atoms with Crippen molar-refractivity contribution in [1.82, 2.24) is 9.97 Å². The third-order valence-corrected chi connectivity index (χ3v) is 4.08. The Labute approximate surface area is 137 Å². The number of amides is 1. The highest BCUT2D eigenvalue weighted by molar-refractivity contribution is 7.14. The Morgan fingerprint density at radius 3 is 2.96 bits per heavy atom. The lowest BCUT2D eigenvalue weighted by Gasteiger charge is -2.27. The summed E-state index contributed by atoms with van der Waals surface area (Å²) in [6.45, 7) is 3.06. The number of hydrogen-bond acceptors (Lipinski definition) is 7. The van der Waals surface area contributed by atoms with Gasteiger partial charge in [-0.05, 0) is 12.1 Å². The Morgan fingerprint density at radius 1 is 1.35 bits per heavy atom. The molecule has 8 heteroatoms. The molecule has 0 unspecified atom stereocenters. The lowest BCUT2D eigenvalue weighted by Crippen LogP contribution is -2.36. The number of thiazole rings is 1. The SMILES string of the molecule is N#CCC(=O)Nc1nc(-c2cccc(N3CCOCC3)n2)cs1. The Hall–Kier alpha value is -2.50. The van der Waals surface area contributed by atoms with Crippen LogP contribution in [-0.4, -0.2) is 42.2 Å². The zero-order chi connectivity index (χ0) is 16.1. The van der Waals surface area contributed by atoms with Crippen molar-refractivity contribution in [3.05, 3.63) is 23.6 Å². The molecule has 118 valence electrons. The van der Waals surface area contributed by atoms with Crippen LogP contribution in [-0.2, 0) is 9.53 Å². The second-order valence-electron chi connectivity index (χ2n) is 4.90. The molecule has 0 radical (unpaired) electrons. The summed E-state index contributed by atoms with van der Waals surface area (Å²) in [7, 11) is 0. The van der Waals surface area contributed by atoms with Gasteiger partial charge in [0.2, 0.25) is 5.91 Å². The summed E-state index contributed by atoms with van der Waals surface area (Å²) in [5.41, 5.74) is 1.46. The number of rotatable bonds is 4. The van der Waals surface area contributed by atoms with Crippen LogP contribution in [0.2, 0.25) is 0 Å². The van der Waals surface area contributed by atoms with Crippen LogP contribution >= 0.6 is 11.3 Å². The quantitative estimate of drug-likeness (QED) is 0.921. The Balaban J connectivity index is 1.75. The molecule has 1 aliphatic rings. The first kappa shape index (κ1) is 15.4. The number of nitriles is 1.